The maximum absolute atomic E-state index is 13.1. The number of nitrogens with one attached hydrogen (secondary N) is 1. The predicted molar refractivity (Wildman–Crippen MR) is 123 cm³/mol. The number of thiophene rings is 1. The van der Waals surface area contributed by atoms with E-state index in [1.165, 1.54) is 27.9 Å². The quantitative estimate of drug-likeness (QED) is 0.387. The highest BCUT2D eigenvalue weighted by atomic mass is 32.2. The number of nitrogens with zero attached hydrogens (tertiary/aromatic N) is 2. The topological polar surface area (TPSA) is 124 Å². The largest absolute Gasteiger partial charge is 0.369 e. The van der Waals surface area contributed by atoms with E-state index in [0.717, 1.165) is 17.0 Å². The van der Waals surface area contributed by atoms with Gasteiger partial charge >= 0.3 is 0 Å². The number of rotatable bonds is 6. The maximum atomic E-state index is 13.1. The maximum Gasteiger partial charge on any atom is 0.274 e. The number of amides is 1. The molecular formula is C21H21N3O6S3. The molecule has 12 heteroatoms. The molecule has 3 aromatic rings. The first-order valence-electron chi connectivity index (χ1n) is 9.92. The molecule has 0 saturated carbocycles. The molecule has 1 fully saturated rings. The van der Waals surface area contributed by atoms with Gasteiger partial charge in [-0.05, 0) is 42.5 Å². The van der Waals surface area contributed by atoms with Gasteiger partial charge in [0.1, 0.15) is 4.21 Å². The Morgan fingerprint density at radius 2 is 1.52 bits per heavy atom. The summed E-state index contributed by atoms with van der Waals surface area (Å²) in [5.41, 5.74) is 2.71. The molecule has 2 aromatic carbocycles. The molecule has 0 unspecified atom stereocenters. The van der Waals surface area contributed by atoms with Crippen molar-refractivity contribution in [1.82, 2.24) is 9.79 Å². The fourth-order valence-electron chi connectivity index (χ4n) is 3.51. The van der Waals surface area contributed by atoms with Crippen LogP contribution in [0.1, 0.15) is 10.4 Å². The summed E-state index contributed by atoms with van der Waals surface area (Å²) in [4.78, 5) is 13.5. The molecular weight excluding hydrogens is 486 g/mol. The zero-order chi connectivity index (χ0) is 23.6. The van der Waals surface area contributed by atoms with Gasteiger partial charge < -0.3 is 4.90 Å². The van der Waals surface area contributed by atoms with Crippen LogP contribution in [0.15, 0.2) is 80.0 Å². The van der Waals surface area contributed by atoms with Gasteiger partial charge in [0.05, 0.1) is 9.79 Å². The number of hydrogen-bond acceptors (Lipinski definition) is 8. The van der Waals surface area contributed by atoms with Crippen molar-refractivity contribution in [2.24, 2.45) is 0 Å². The Morgan fingerprint density at radius 3 is 2.12 bits per heavy atom. The van der Waals surface area contributed by atoms with Gasteiger partial charge in [0.15, 0.2) is 0 Å². The standard InChI is InChI=1S/C21H21N3O6S3/c25-21(22-26)16-6-8-17(9-7-16)23-10-12-24(13-11-23)33(29,30)20-14-19(15-31-20)32(27,28)18-4-2-1-3-5-18/h1-9,14-15,26H,10-13H2,(H,22,25). The number of carbonyl (C=O) groups is 1. The molecule has 0 aliphatic carbocycles. The summed E-state index contributed by atoms with van der Waals surface area (Å²) in [5, 5.41) is 10.1. The molecule has 1 aliphatic rings. The minimum Gasteiger partial charge on any atom is -0.369 e. The Morgan fingerprint density at radius 1 is 0.879 bits per heavy atom. The van der Waals surface area contributed by atoms with Gasteiger partial charge in [-0.3, -0.25) is 10.0 Å². The third-order valence-electron chi connectivity index (χ3n) is 5.34. The smallest absolute Gasteiger partial charge is 0.274 e. The number of anilines is 1. The lowest BCUT2D eigenvalue weighted by Gasteiger charge is -2.35. The van der Waals surface area contributed by atoms with Crippen molar-refractivity contribution >= 4 is 42.8 Å². The van der Waals surface area contributed by atoms with Crippen LogP contribution < -0.4 is 10.4 Å². The van der Waals surface area contributed by atoms with Gasteiger partial charge in [-0.2, -0.15) is 4.31 Å². The average molecular weight is 508 g/mol. The molecule has 1 saturated heterocycles. The summed E-state index contributed by atoms with van der Waals surface area (Å²) in [6.45, 7) is 1.34. The van der Waals surface area contributed by atoms with Crippen molar-refractivity contribution in [2.75, 3.05) is 31.1 Å². The summed E-state index contributed by atoms with van der Waals surface area (Å²) < 4.78 is 53.1. The molecule has 9 nitrogen and oxygen atoms in total. The molecule has 2 heterocycles. The van der Waals surface area contributed by atoms with Crippen molar-refractivity contribution in [2.45, 2.75) is 14.0 Å². The van der Waals surface area contributed by atoms with Crippen molar-refractivity contribution in [1.29, 1.82) is 0 Å². The summed E-state index contributed by atoms with van der Waals surface area (Å²) >= 11 is 0.895. The lowest BCUT2D eigenvalue weighted by molar-refractivity contribution is 0.0706. The summed E-state index contributed by atoms with van der Waals surface area (Å²) in [6.07, 6.45) is 0. The molecule has 0 atom stereocenters. The lowest BCUT2D eigenvalue weighted by atomic mass is 10.2. The molecule has 174 valence electrons. The van der Waals surface area contributed by atoms with E-state index in [-0.39, 0.29) is 27.1 Å². The monoisotopic (exact) mass is 507 g/mol. The third kappa shape index (κ3) is 4.66. The van der Waals surface area contributed by atoms with Crippen LogP contribution in [-0.2, 0) is 19.9 Å². The van der Waals surface area contributed by atoms with Gasteiger partial charge in [-0.25, -0.2) is 22.3 Å². The second kappa shape index (κ2) is 9.23. The molecule has 1 amide bonds. The average Bonchev–Trinajstić information content (AvgIpc) is 3.37. The van der Waals surface area contributed by atoms with E-state index in [0.29, 0.717) is 18.7 Å². The van der Waals surface area contributed by atoms with E-state index in [2.05, 4.69) is 0 Å². The number of sulfonamides is 1. The molecule has 1 aromatic heterocycles. The van der Waals surface area contributed by atoms with E-state index >= 15 is 0 Å². The van der Waals surface area contributed by atoms with Crippen molar-refractivity contribution < 1.29 is 26.8 Å². The summed E-state index contributed by atoms with van der Waals surface area (Å²) in [7, 11) is -7.62. The normalized spacial score (nSPS) is 15.4. The van der Waals surface area contributed by atoms with Crippen LogP contribution in [0.5, 0.6) is 0 Å². The highest BCUT2D eigenvalue weighted by Crippen LogP contribution is 2.30. The van der Waals surface area contributed by atoms with Crippen LogP contribution >= 0.6 is 11.3 Å². The first-order valence-corrected chi connectivity index (χ1v) is 13.7. The van der Waals surface area contributed by atoms with Gasteiger partial charge in [0, 0.05) is 42.8 Å². The van der Waals surface area contributed by atoms with Gasteiger partial charge in [-0.1, -0.05) is 18.2 Å². The fraction of sp³-hybridized carbons (Fsp3) is 0.190. The second-order valence-corrected chi connectivity index (χ2v) is 12.3. The van der Waals surface area contributed by atoms with E-state index in [9.17, 15) is 21.6 Å². The van der Waals surface area contributed by atoms with Crippen LogP contribution in [0, 0.1) is 0 Å². The molecule has 33 heavy (non-hydrogen) atoms. The molecule has 1 aliphatic heterocycles. The van der Waals surface area contributed by atoms with E-state index in [1.54, 1.807) is 47.9 Å². The molecule has 0 radical (unpaired) electrons. The lowest BCUT2D eigenvalue weighted by Crippen LogP contribution is -2.48. The first kappa shape index (κ1) is 23.4. The van der Waals surface area contributed by atoms with Gasteiger partial charge in [0.2, 0.25) is 9.84 Å². The van der Waals surface area contributed by atoms with Crippen LogP contribution in [0.25, 0.3) is 0 Å². The zero-order valence-electron chi connectivity index (χ0n) is 17.3. The van der Waals surface area contributed by atoms with Gasteiger partial charge in [-0.15, -0.1) is 11.3 Å². The Hall–Kier alpha value is -2.77. The third-order valence-corrected chi connectivity index (χ3v) is 10.6. The van der Waals surface area contributed by atoms with Crippen LogP contribution in [0.2, 0.25) is 0 Å². The van der Waals surface area contributed by atoms with E-state index in [1.807, 2.05) is 4.90 Å². The zero-order valence-corrected chi connectivity index (χ0v) is 19.7. The number of hydrogen-bond donors (Lipinski definition) is 2. The molecule has 0 spiro atoms. The highest BCUT2D eigenvalue weighted by Gasteiger charge is 2.31. The minimum atomic E-state index is -3.83. The Labute approximate surface area is 195 Å². The Bertz CT molecular complexity index is 1350. The highest BCUT2D eigenvalue weighted by molar-refractivity contribution is 7.92. The molecule has 4 rings (SSSR count). The Kier molecular flexibility index (Phi) is 6.54. The summed E-state index contributed by atoms with van der Waals surface area (Å²) in [5.74, 6) is -0.609. The van der Waals surface area contributed by atoms with Crippen molar-refractivity contribution in [3.05, 3.63) is 71.6 Å². The minimum absolute atomic E-state index is 0.00942. The van der Waals surface area contributed by atoms with Crippen LogP contribution in [0.3, 0.4) is 0 Å². The first-order chi connectivity index (χ1) is 15.7. The fourth-order valence-corrected chi connectivity index (χ4v) is 7.99. The van der Waals surface area contributed by atoms with Crippen LogP contribution in [0.4, 0.5) is 5.69 Å². The Balaban J connectivity index is 1.46. The number of piperazine rings is 1. The predicted octanol–water partition coefficient (Wildman–Crippen LogP) is 2.21. The molecule has 2 N–H and O–H groups in total. The molecule has 0 bridgehead atoms. The number of carbonyl (C=O) groups excluding carboxylic acids is 1. The van der Waals surface area contributed by atoms with Crippen molar-refractivity contribution in [3.63, 3.8) is 0 Å². The second-order valence-electron chi connectivity index (χ2n) is 7.30. The van der Waals surface area contributed by atoms with Crippen molar-refractivity contribution in [3.8, 4) is 0 Å². The van der Waals surface area contributed by atoms with Gasteiger partial charge in [0.25, 0.3) is 15.9 Å². The SMILES string of the molecule is O=C(NO)c1ccc(N2CCN(S(=O)(=O)c3cc(S(=O)(=O)c4ccccc4)cs3)CC2)cc1. The number of hydroxylamine groups is 1. The number of benzene rings is 2. The number of sulfone groups is 1. The summed E-state index contributed by atoms with van der Waals surface area (Å²) in [6, 6.07) is 15.7. The van der Waals surface area contributed by atoms with Crippen LogP contribution in [-0.4, -0.2) is 58.4 Å². The van der Waals surface area contributed by atoms with E-state index in [4.69, 9.17) is 5.21 Å². The van der Waals surface area contributed by atoms with E-state index < -0.39 is 25.8 Å².